The van der Waals surface area contributed by atoms with Crippen LogP contribution in [0.25, 0.3) is 5.70 Å². The van der Waals surface area contributed by atoms with Gasteiger partial charge in [0.15, 0.2) is 0 Å². The molecule has 3 nitrogen and oxygen atoms in total. The van der Waals surface area contributed by atoms with Gasteiger partial charge in [-0.2, -0.15) is 0 Å². The Kier molecular flexibility index (Phi) is 5.87. The highest BCUT2D eigenvalue weighted by molar-refractivity contribution is 6.01. The van der Waals surface area contributed by atoms with Crippen molar-refractivity contribution in [2.45, 2.75) is 38.5 Å². The zero-order chi connectivity index (χ0) is 19.3. The van der Waals surface area contributed by atoms with Gasteiger partial charge >= 0.3 is 0 Å². The minimum atomic E-state index is -0.277. The monoisotopic (exact) mass is 379 g/mol. The summed E-state index contributed by atoms with van der Waals surface area (Å²) in [5, 5.41) is 3.03. The standard InChI is InChI=1S/C24H26FNO2/c25-21-10-8-20(9-11-21)23-5-1-4-19-7-6-18(16-22(19)24(27)26-23)15-17-3-2-13-28-14-12-17/h5-11,16-17H,1-4,12-15H2,(H,26,27)/b23-5-. The third-order valence-corrected chi connectivity index (χ3v) is 5.68. The van der Waals surface area contributed by atoms with Gasteiger partial charge in [-0.3, -0.25) is 4.79 Å². The molecule has 1 fully saturated rings. The average molecular weight is 379 g/mol. The SMILES string of the molecule is O=C1N/C(c2ccc(F)cc2)=C\CCc2ccc(CC3CCCOCC3)cc21. The summed E-state index contributed by atoms with van der Waals surface area (Å²) in [6.45, 7) is 1.70. The highest BCUT2D eigenvalue weighted by Gasteiger charge is 2.19. The smallest absolute Gasteiger partial charge is 0.255 e. The van der Waals surface area contributed by atoms with Gasteiger partial charge in [-0.25, -0.2) is 4.39 Å². The summed E-state index contributed by atoms with van der Waals surface area (Å²) in [7, 11) is 0. The van der Waals surface area contributed by atoms with Gasteiger partial charge < -0.3 is 10.1 Å². The van der Waals surface area contributed by atoms with E-state index >= 15 is 0 Å². The van der Waals surface area contributed by atoms with Crippen molar-refractivity contribution in [3.63, 3.8) is 0 Å². The molecule has 2 aliphatic rings. The van der Waals surface area contributed by atoms with Crippen LogP contribution in [0.3, 0.4) is 0 Å². The molecule has 1 atom stereocenters. The lowest BCUT2D eigenvalue weighted by molar-refractivity contribution is 0.0972. The van der Waals surface area contributed by atoms with Gasteiger partial charge in [0.1, 0.15) is 5.82 Å². The molecule has 2 aliphatic heterocycles. The Balaban J connectivity index is 1.53. The second-order valence-electron chi connectivity index (χ2n) is 7.72. The number of benzene rings is 2. The van der Waals surface area contributed by atoms with E-state index in [1.54, 1.807) is 12.1 Å². The molecule has 4 rings (SSSR count). The zero-order valence-electron chi connectivity index (χ0n) is 16.0. The molecule has 0 radical (unpaired) electrons. The third-order valence-electron chi connectivity index (χ3n) is 5.68. The number of nitrogens with one attached hydrogen (secondary N) is 1. The molecule has 1 amide bonds. The molecular formula is C24H26FNO2. The Morgan fingerprint density at radius 3 is 2.79 bits per heavy atom. The van der Waals surface area contributed by atoms with Gasteiger partial charge in [0, 0.05) is 24.5 Å². The molecule has 1 unspecified atom stereocenters. The maximum atomic E-state index is 13.2. The van der Waals surface area contributed by atoms with Gasteiger partial charge in [0.2, 0.25) is 0 Å². The van der Waals surface area contributed by atoms with Crippen molar-refractivity contribution in [1.82, 2.24) is 5.32 Å². The van der Waals surface area contributed by atoms with Crippen molar-refractivity contribution < 1.29 is 13.9 Å². The summed E-state index contributed by atoms with van der Waals surface area (Å²) in [4.78, 5) is 13.0. The van der Waals surface area contributed by atoms with E-state index in [4.69, 9.17) is 4.74 Å². The predicted molar refractivity (Wildman–Crippen MR) is 108 cm³/mol. The summed E-state index contributed by atoms with van der Waals surface area (Å²) in [5.74, 6) is 0.253. The quantitative estimate of drug-likeness (QED) is 0.824. The van der Waals surface area contributed by atoms with E-state index in [0.717, 1.165) is 67.7 Å². The van der Waals surface area contributed by atoms with Crippen molar-refractivity contribution in [2.75, 3.05) is 13.2 Å². The highest BCUT2D eigenvalue weighted by Crippen LogP contribution is 2.25. The molecule has 0 bridgehead atoms. The largest absolute Gasteiger partial charge is 0.381 e. The maximum absolute atomic E-state index is 13.2. The van der Waals surface area contributed by atoms with Crippen molar-refractivity contribution in [1.29, 1.82) is 0 Å². The Hall–Kier alpha value is -2.46. The van der Waals surface area contributed by atoms with E-state index in [9.17, 15) is 9.18 Å². The number of halogens is 1. The third kappa shape index (κ3) is 4.50. The Morgan fingerprint density at radius 2 is 1.93 bits per heavy atom. The zero-order valence-corrected chi connectivity index (χ0v) is 16.0. The fourth-order valence-corrected chi connectivity index (χ4v) is 4.12. The van der Waals surface area contributed by atoms with Gasteiger partial charge in [0.25, 0.3) is 5.91 Å². The van der Waals surface area contributed by atoms with Crippen molar-refractivity contribution in [3.8, 4) is 0 Å². The molecule has 2 aromatic rings. The Labute approximate surface area is 165 Å². The molecule has 0 spiro atoms. The second kappa shape index (κ2) is 8.70. The van der Waals surface area contributed by atoms with E-state index in [0.29, 0.717) is 5.92 Å². The maximum Gasteiger partial charge on any atom is 0.255 e. The van der Waals surface area contributed by atoms with Crippen LogP contribution in [0.2, 0.25) is 0 Å². The minimum Gasteiger partial charge on any atom is -0.381 e. The molecule has 0 saturated carbocycles. The van der Waals surface area contributed by atoms with Gasteiger partial charge in [-0.1, -0.05) is 30.3 Å². The van der Waals surface area contributed by atoms with Crippen LogP contribution >= 0.6 is 0 Å². The lowest BCUT2D eigenvalue weighted by Gasteiger charge is -2.19. The number of rotatable bonds is 3. The summed E-state index contributed by atoms with van der Waals surface area (Å²) < 4.78 is 18.8. The molecule has 146 valence electrons. The molecule has 4 heteroatoms. The first kappa shape index (κ1) is 18.9. The van der Waals surface area contributed by atoms with Crippen LogP contribution in [0.4, 0.5) is 4.39 Å². The first-order valence-corrected chi connectivity index (χ1v) is 10.2. The number of hydrogen-bond acceptors (Lipinski definition) is 2. The van der Waals surface area contributed by atoms with Crippen LogP contribution in [0.1, 0.15) is 52.7 Å². The van der Waals surface area contributed by atoms with Gasteiger partial charge in [-0.05, 0) is 79.3 Å². The van der Waals surface area contributed by atoms with Crippen LogP contribution in [0.15, 0.2) is 48.5 Å². The fraction of sp³-hybridized carbons (Fsp3) is 0.375. The Morgan fingerprint density at radius 1 is 1.07 bits per heavy atom. The topological polar surface area (TPSA) is 38.3 Å². The van der Waals surface area contributed by atoms with Gasteiger partial charge in [0.05, 0.1) is 0 Å². The summed E-state index contributed by atoms with van der Waals surface area (Å²) in [6.07, 6.45) is 8.05. The van der Waals surface area contributed by atoms with Crippen molar-refractivity contribution in [2.24, 2.45) is 5.92 Å². The van der Waals surface area contributed by atoms with E-state index in [1.165, 1.54) is 24.1 Å². The molecule has 1 saturated heterocycles. The summed E-state index contributed by atoms with van der Waals surface area (Å²) in [6, 6.07) is 12.6. The van der Waals surface area contributed by atoms with E-state index < -0.39 is 0 Å². The van der Waals surface area contributed by atoms with Crippen LogP contribution in [-0.2, 0) is 17.6 Å². The van der Waals surface area contributed by atoms with Crippen LogP contribution < -0.4 is 5.32 Å². The highest BCUT2D eigenvalue weighted by atomic mass is 19.1. The molecule has 28 heavy (non-hydrogen) atoms. The number of aryl methyl sites for hydroxylation is 1. The van der Waals surface area contributed by atoms with Crippen LogP contribution in [-0.4, -0.2) is 19.1 Å². The summed E-state index contributed by atoms with van der Waals surface area (Å²) >= 11 is 0. The van der Waals surface area contributed by atoms with E-state index in [2.05, 4.69) is 23.5 Å². The van der Waals surface area contributed by atoms with Crippen molar-refractivity contribution in [3.05, 3.63) is 76.6 Å². The second-order valence-corrected chi connectivity index (χ2v) is 7.72. The number of ether oxygens (including phenoxy) is 1. The first-order valence-electron chi connectivity index (χ1n) is 10.2. The average Bonchev–Trinajstić information content (AvgIpc) is 2.96. The first-order chi connectivity index (χ1) is 13.7. The molecular weight excluding hydrogens is 353 g/mol. The Bertz CT molecular complexity index is 865. The molecule has 2 heterocycles. The minimum absolute atomic E-state index is 0.0867. The normalized spacial score (nSPS) is 22.1. The number of allylic oxidation sites excluding steroid dienone is 1. The van der Waals surface area contributed by atoms with Crippen molar-refractivity contribution >= 4 is 11.6 Å². The van der Waals surface area contributed by atoms with E-state index in [-0.39, 0.29) is 11.7 Å². The number of hydrogen-bond donors (Lipinski definition) is 1. The number of carbonyl (C=O) groups is 1. The van der Waals surface area contributed by atoms with E-state index in [1.807, 2.05) is 6.08 Å². The predicted octanol–water partition coefficient (Wildman–Crippen LogP) is 4.90. The van der Waals surface area contributed by atoms with Gasteiger partial charge in [-0.15, -0.1) is 0 Å². The molecule has 0 aromatic heterocycles. The summed E-state index contributed by atoms with van der Waals surface area (Å²) in [5.41, 5.74) is 4.64. The molecule has 2 aromatic carbocycles. The van der Waals surface area contributed by atoms with Crippen LogP contribution in [0.5, 0.6) is 0 Å². The molecule has 0 aliphatic carbocycles. The van der Waals surface area contributed by atoms with Crippen LogP contribution in [0, 0.1) is 11.7 Å². The lowest BCUT2D eigenvalue weighted by Crippen LogP contribution is -2.25. The lowest BCUT2D eigenvalue weighted by atomic mass is 9.90. The number of amides is 1. The fourth-order valence-electron chi connectivity index (χ4n) is 4.12. The number of carbonyl (C=O) groups excluding carboxylic acids is 1. The number of fused-ring (bicyclic) bond motifs is 1. The molecule has 1 N–H and O–H groups in total.